The van der Waals surface area contributed by atoms with Crippen molar-refractivity contribution in [2.24, 2.45) is 0 Å². The molecule has 6 heteroatoms. The Hall–Kier alpha value is -2.34. The molecule has 0 amide bonds. The molecule has 5 nitrogen and oxygen atoms in total. The number of hydrogen-bond donors (Lipinski definition) is 0. The molecule has 0 saturated carbocycles. The number of hydrogen-bond acceptors (Lipinski definition) is 5. The van der Waals surface area contributed by atoms with Crippen molar-refractivity contribution in [2.75, 3.05) is 5.75 Å². The zero-order valence-electron chi connectivity index (χ0n) is 10.4. The topological polar surface area (TPSA) is 69.4 Å². The Kier molecular flexibility index (Phi) is 4.73. The molecular weight excluding hydrogens is 278 g/mol. The van der Waals surface area contributed by atoms with Crippen molar-refractivity contribution < 1.29 is 14.5 Å². The average molecular weight is 289 g/mol. The van der Waals surface area contributed by atoms with Gasteiger partial charge >= 0.3 is 5.97 Å². The van der Waals surface area contributed by atoms with Crippen LogP contribution in [0.15, 0.2) is 59.5 Å². The predicted molar refractivity (Wildman–Crippen MR) is 75.9 cm³/mol. The zero-order valence-corrected chi connectivity index (χ0v) is 11.2. The van der Waals surface area contributed by atoms with Gasteiger partial charge in [0.25, 0.3) is 5.69 Å². The molecule has 0 fully saturated rings. The molecule has 0 N–H and O–H groups in total. The summed E-state index contributed by atoms with van der Waals surface area (Å²) in [5, 5.41) is 10.5. The van der Waals surface area contributed by atoms with Crippen molar-refractivity contribution in [1.29, 1.82) is 0 Å². The number of thioether (sulfide) groups is 1. The molecule has 0 aromatic heterocycles. The smallest absolute Gasteiger partial charge is 0.321 e. The molecule has 20 heavy (non-hydrogen) atoms. The lowest BCUT2D eigenvalue weighted by Gasteiger charge is -2.04. The lowest BCUT2D eigenvalue weighted by molar-refractivity contribution is -0.384. The number of nitro benzene ring substituents is 1. The van der Waals surface area contributed by atoms with Gasteiger partial charge in [-0.25, -0.2) is 0 Å². The average Bonchev–Trinajstić information content (AvgIpc) is 2.47. The van der Waals surface area contributed by atoms with Gasteiger partial charge in [-0.2, -0.15) is 0 Å². The molecule has 2 aromatic rings. The van der Waals surface area contributed by atoms with Gasteiger partial charge in [-0.1, -0.05) is 18.2 Å². The molecular formula is C14H11NO4S. The van der Waals surface area contributed by atoms with E-state index < -0.39 is 10.9 Å². The Balaban J connectivity index is 1.86. The molecule has 0 spiro atoms. The summed E-state index contributed by atoms with van der Waals surface area (Å²) in [6, 6.07) is 14.9. The van der Waals surface area contributed by atoms with Gasteiger partial charge in [0.1, 0.15) is 5.75 Å². The first-order valence-electron chi connectivity index (χ1n) is 5.78. The van der Waals surface area contributed by atoms with Crippen LogP contribution in [-0.4, -0.2) is 16.6 Å². The Morgan fingerprint density at radius 3 is 2.35 bits per heavy atom. The maximum absolute atomic E-state index is 11.6. The molecule has 2 rings (SSSR count). The van der Waals surface area contributed by atoms with Crippen molar-refractivity contribution in [2.45, 2.75) is 4.90 Å². The van der Waals surface area contributed by atoms with E-state index in [1.54, 1.807) is 0 Å². The molecule has 0 saturated heterocycles. The number of benzene rings is 2. The summed E-state index contributed by atoms with van der Waals surface area (Å²) < 4.78 is 5.09. The van der Waals surface area contributed by atoms with Crippen LogP contribution < -0.4 is 4.74 Å². The summed E-state index contributed by atoms with van der Waals surface area (Å²) in [6.07, 6.45) is 0. The Morgan fingerprint density at radius 1 is 1.10 bits per heavy atom. The number of ether oxygens (including phenoxy) is 1. The second-order valence-electron chi connectivity index (χ2n) is 3.83. The number of esters is 1. The van der Waals surface area contributed by atoms with Crippen LogP contribution in [0.1, 0.15) is 0 Å². The third-order valence-electron chi connectivity index (χ3n) is 2.38. The highest BCUT2D eigenvalue weighted by molar-refractivity contribution is 8.00. The molecule has 0 atom stereocenters. The van der Waals surface area contributed by atoms with E-state index in [9.17, 15) is 14.9 Å². The standard InChI is InChI=1S/C14H11NO4S/c16-14(10-20-13-4-2-1-3-5-13)19-12-8-6-11(7-9-12)15(17)18/h1-9H,10H2. The summed E-state index contributed by atoms with van der Waals surface area (Å²) >= 11 is 1.37. The van der Waals surface area contributed by atoms with E-state index in [1.165, 1.54) is 36.0 Å². The minimum Gasteiger partial charge on any atom is -0.426 e. The van der Waals surface area contributed by atoms with Gasteiger partial charge in [0.05, 0.1) is 10.7 Å². The highest BCUT2D eigenvalue weighted by atomic mass is 32.2. The van der Waals surface area contributed by atoms with Gasteiger partial charge in [0.2, 0.25) is 0 Å². The van der Waals surface area contributed by atoms with Gasteiger partial charge in [-0.3, -0.25) is 14.9 Å². The van der Waals surface area contributed by atoms with Gasteiger partial charge in [0, 0.05) is 17.0 Å². The minimum absolute atomic E-state index is 0.0385. The van der Waals surface area contributed by atoms with E-state index in [0.717, 1.165) is 4.90 Å². The maximum atomic E-state index is 11.6. The molecule has 0 bridgehead atoms. The van der Waals surface area contributed by atoms with E-state index in [-0.39, 0.29) is 11.4 Å². The Bertz CT molecular complexity index is 598. The van der Waals surface area contributed by atoms with Crippen LogP contribution >= 0.6 is 11.8 Å². The minimum atomic E-state index is -0.503. The third kappa shape index (κ3) is 4.10. The van der Waals surface area contributed by atoms with E-state index >= 15 is 0 Å². The highest BCUT2D eigenvalue weighted by Crippen LogP contribution is 2.20. The van der Waals surface area contributed by atoms with Crippen molar-refractivity contribution in [3.63, 3.8) is 0 Å². The normalized spacial score (nSPS) is 10.0. The SMILES string of the molecule is O=C(CSc1ccccc1)Oc1ccc([N+](=O)[O-])cc1. The van der Waals surface area contributed by atoms with Crippen LogP contribution in [-0.2, 0) is 4.79 Å². The van der Waals surface area contributed by atoms with Crippen LogP contribution in [0.5, 0.6) is 5.75 Å². The summed E-state index contributed by atoms with van der Waals surface area (Å²) in [5.74, 6) is 0.0861. The number of carbonyl (C=O) groups is 1. The summed E-state index contributed by atoms with van der Waals surface area (Å²) in [6.45, 7) is 0. The second-order valence-corrected chi connectivity index (χ2v) is 4.88. The van der Waals surface area contributed by atoms with Gasteiger partial charge in [0.15, 0.2) is 0 Å². The fourth-order valence-corrected chi connectivity index (χ4v) is 2.15. The number of rotatable bonds is 5. The Labute approximate surface area is 119 Å². The fraction of sp³-hybridized carbons (Fsp3) is 0.0714. The molecule has 0 radical (unpaired) electrons. The monoisotopic (exact) mass is 289 g/mol. The first kappa shape index (κ1) is 14.1. The first-order valence-corrected chi connectivity index (χ1v) is 6.77. The number of carbonyl (C=O) groups excluding carboxylic acids is 1. The maximum Gasteiger partial charge on any atom is 0.321 e. The number of nitrogens with zero attached hydrogens (tertiary/aromatic N) is 1. The van der Waals surface area contributed by atoms with Crippen molar-refractivity contribution >= 4 is 23.4 Å². The molecule has 0 heterocycles. The van der Waals surface area contributed by atoms with Gasteiger partial charge < -0.3 is 4.74 Å². The lowest BCUT2D eigenvalue weighted by Crippen LogP contribution is -2.10. The van der Waals surface area contributed by atoms with Crippen molar-refractivity contribution in [1.82, 2.24) is 0 Å². The molecule has 2 aromatic carbocycles. The number of non-ortho nitro benzene ring substituents is 1. The van der Waals surface area contributed by atoms with Gasteiger partial charge in [-0.15, -0.1) is 11.8 Å². The summed E-state index contributed by atoms with van der Waals surface area (Å²) in [5.41, 5.74) is -0.0385. The molecule has 0 aliphatic rings. The summed E-state index contributed by atoms with van der Waals surface area (Å²) in [7, 11) is 0. The lowest BCUT2D eigenvalue weighted by atomic mass is 10.3. The highest BCUT2D eigenvalue weighted by Gasteiger charge is 2.08. The van der Waals surface area contributed by atoms with Crippen molar-refractivity contribution in [3.05, 3.63) is 64.7 Å². The first-order chi connectivity index (χ1) is 9.65. The van der Waals surface area contributed by atoms with Gasteiger partial charge in [-0.05, 0) is 24.3 Å². The second kappa shape index (κ2) is 6.72. The Morgan fingerprint density at radius 2 is 1.75 bits per heavy atom. The molecule has 0 aliphatic heterocycles. The quantitative estimate of drug-likeness (QED) is 0.278. The molecule has 0 unspecified atom stereocenters. The van der Waals surface area contributed by atoms with E-state index in [2.05, 4.69) is 0 Å². The largest absolute Gasteiger partial charge is 0.426 e. The van der Waals surface area contributed by atoms with Crippen LogP contribution in [0, 0.1) is 10.1 Å². The molecule has 0 aliphatic carbocycles. The van der Waals surface area contributed by atoms with Crippen molar-refractivity contribution in [3.8, 4) is 5.75 Å². The van der Waals surface area contributed by atoms with Crippen LogP contribution in [0.4, 0.5) is 5.69 Å². The third-order valence-corrected chi connectivity index (χ3v) is 3.36. The van der Waals surface area contributed by atoms with Crippen LogP contribution in [0.25, 0.3) is 0 Å². The van der Waals surface area contributed by atoms with E-state index in [0.29, 0.717) is 5.75 Å². The van der Waals surface area contributed by atoms with Crippen LogP contribution in [0.2, 0.25) is 0 Å². The van der Waals surface area contributed by atoms with Crippen LogP contribution in [0.3, 0.4) is 0 Å². The number of nitro groups is 1. The molecule has 102 valence electrons. The van der Waals surface area contributed by atoms with E-state index in [4.69, 9.17) is 4.74 Å². The fourth-order valence-electron chi connectivity index (χ4n) is 1.46. The summed E-state index contributed by atoms with van der Waals surface area (Å²) in [4.78, 5) is 22.6. The van der Waals surface area contributed by atoms with E-state index in [1.807, 2.05) is 30.3 Å². The zero-order chi connectivity index (χ0) is 14.4. The predicted octanol–water partition coefficient (Wildman–Crippen LogP) is 3.29.